The van der Waals surface area contributed by atoms with E-state index in [1.165, 1.54) is 18.0 Å². The number of hydrogen-bond acceptors (Lipinski definition) is 8. The first-order valence-corrected chi connectivity index (χ1v) is 11.6. The van der Waals surface area contributed by atoms with Crippen molar-refractivity contribution in [1.29, 1.82) is 5.26 Å². The fourth-order valence-electron chi connectivity index (χ4n) is 4.66. The molecule has 10 nitrogen and oxygen atoms in total. The van der Waals surface area contributed by atoms with Crippen LogP contribution in [0, 0.1) is 11.3 Å². The van der Waals surface area contributed by atoms with Gasteiger partial charge in [0.25, 0.3) is 5.56 Å². The number of fused-ring (bicyclic) bond motifs is 1. The number of nitrogens with two attached hydrogens (primary N) is 1. The second kappa shape index (κ2) is 10.8. The summed E-state index contributed by atoms with van der Waals surface area (Å²) in [5.74, 6) is 1.31. The predicted octanol–water partition coefficient (Wildman–Crippen LogP) is 2.69. The van der Waals surface area contributed by atoms with E-state index in [0.29, 0.717) is 36.0 Å². The molecule has 190 valence electrons. The Labute approximate surface area is 219 Å². The van der Waals surface area contributed by atoms with Crippen LogP contribution in [0.3, 0.4) is 0 Å². The van der Waals surface area contributed by atoms with Crippen molar-refractivity contribution in [1.82, 2.24) is 19.1 Å². The summed E-state index contributed by atoms with van der Waals surface area (Å²) in [6.45, 7) is 1.02. The predicted molar refractivity (Wildman–Crippen MR) is 142 cm³/mol. The van der Waals surface area contributed by atoms with Gasteiger partial charge in [-0.15, -0.1) is 12.4 Å². The van der Waals surface area contributed by atoms with Crippen LogP contribution in [0.1, 0.15) is 28.8 Å². The first-order chi connectivity index (χ1) is 17.5. The van der Waals surface area contributed by atoms with Crippen molar-refractivity contribution in [2.45, 2.75) is 25.4 Å². The normalized spacial score (nSPS) is 15.2. The van der Waals surface area contributed by atoms with Crippen molar-refractivity contribution in [3.05, 3.63) is 76.5 Å². The molecule has 1 atom stereocenters. The van der Waals surface area contributed by atoms with Gasteiger partial charge in [0.1, 0.15) is 40.1 Å². The molecular weight excluding hydrogens is 494 g/mol. The molecule has 2 N–H and O–H groups in total. The maximum Gasteiger partial charge on any atom is 0.278 e. The summed E-state index contributed by atoms with van der Waals surface area (Å²) in [7, 11) is 1.53. The minimum atomic E-state index is -0.439. The van der Waals surface area contributed by atoms with Crippen LogP contribution in [0.5, 0.6) is 5.75 Å². The summed E-state index contributed by atoms with van der Waals surface area (Å²) in [6, 6.07) is 14.3. The summed E-state index contributed by atoms with van der Waals surface area (Å²) >= 11 is 0. The molecule has 5 rings (SSSR count). The Morgan fingerprint density at radius 3 is 2.78 bits per heavy atom. The summed E-state index contributed by atoms with van der Waals surface area (Å²) < 4.78 is 8.14. The highest BCUT2D eigenvalue weighted by Crippen LogP contribution is 2.33. The van der Waals surface area contributed by atoms with Gasteiger partial charge in [-0.05, 0) is 37.1 Å². The molecule has 37 heavy (non-hydrogen) atoms. The van der Waals surface area contributed by atoms with Gasteiger partial charge in [-0.1, -0.05) is 18.2 Å². The Bertz CT molecular complexity index is 1540. The molecule has 0 spiro atoms. The first-order valence-electron chi connectivity index (χ1n) is 11.6. The lowest BCUT2D eigenvalue weighted by molar-refractivity contribution is 0.0970. The van der Waals surface area contributed by atoms with Gasteiger partial charge in [0.15, 0.2) is 5.78 Å². The van der Waals surface area contributed by atoms with Gasteiger partial charge in [-0.3, -0.25) is 18.7 Å². The summed E-state index contributed by atoms with van der Waals surface area (Å²) in [5, 5.41) is 10.1. The van der Waals surface area contributed by atoms with Crippen LogP contribution < -0.4 is 20.9 Å². The second-order valence-electron chi connectivity index (χ2n) is 8.71. The van der Waals surface area contributed by atoms with Crippen molar-refractivity contribution in [2.75, 3.05) is 25.1 Å². The van der Waals surface area contributed by atoms with E-state index in [1.807, 2.05) is 11.0 Å². The molecule has 1 aliphatic heterocycles. The number of Topliss-reactive ketones (excluding diaryl/α,β-unsaturated/α-hetero) is 1. The molecule has 1 saturated heterocycles. The second-order valence-corrected chi connectivity index (χ2v) is 8.71. The number of nitriles is 1. The fourth-order valence-corrected chi connectivity index (χ4v) is 4.66. The lowest BCUT2D eigenvalue weighted by Crippen LogP contribution is -2.44. The van der Waals surface area contributed by atoms with Crippen LogP contribution in [-0.4, -0.2) is 51.1 Å². The number of nitrogens with zero attached hydrogens (tertiary/aromatic N) is 6. The Hall–Kier alpha value is -4.20. The van der Waals surface area contributed by atoms with E-state index in [1.54, 1.807) is 47.2 Å². The summed E-state index contributed by atoms with van der Waals surface area (Å²) in [5.41, 5.74) is 6.97. The number of anilines is 1. The molecule has 0 unspecified atom stereocenters. The van der Waals surface area contributed by atoms with E-state index in [-0.39, 0.29) is 47.4 Å². The highest BCUT2D eigenvalue weighted by Gasteiger charge is 2.29. The van der Waals surface area contributed by atoms with Gasteiger partial charge >= 0.3 is 0 Å². The molecule has 1 aliphatic rings. The monoisotopic (exact) mass is 519 g/mol. The van der Waals surface area contributed by atoms with Crippen LogP contribution in [0.15, 0.2) is 59.8 Å². The molecule has 0 saturated carbocycles. The number of halogens is 1. The van der Waals surface area contributed by atoms with Crippen LogP contribution in [0.4, 0.5) is 5.82 Å². The molecule has 4 heterocycles. The summed E-state index contributed by atoms with van der Waals surface area (Å²) in [4.78, 5) is 37.7. The highest BCUT2D eigenvalue weighted by molar-refractivity contribution is 5.96. The molecule has 11 heteroatoms. The zero-order chi connectivity index (χ0) is 25.2. The smallest absolute Gasteiger partial charge is 0.278 e. The van der Waals surface area contributed by atoms with E-state index in [9.17, 15) is 14.9 Å². The van der Waals surface area contributed by atoms with Crippen molar-refractivity contribution >= 4 is 35.0 Å². The standard InChI is InChI=1S/C26H25N7O3.ClH/c1-36-19-8-4-6-17(12-19)21(34)15-32-16-30-23-20(13-27)25(31-11-5-7-18(28)14-31)33(24(23)26(32)35)22-9-2-3-10-29-22;/h2-4,6,8-10,12,16,18H,5,7,11,14-15,28H2,1H3;1H/t18-;/m0./s1. The Balaban J connectivity index is 0.00000320. The number of carbonyl (C=O) groups is 1. The minimum absolute atomic E-state index is 0. The first kappa shape index (κ1) is 25.9. The molecule has 0 amide bonds. The number of rotatable bonds is 6. The van der Waals surface area contributed by atoms with Crippen molar-refractivity contribution in [3.63, 3.8) is 0 Å². The van der Waals surface area contributed by atoms with Gasteiger partial charge in [0, 0.05) is 30.9 Å². The van der Waals surface area contributed by atoms with E-state index in [4.69, 9.17) is 10.5 Å². The molecule has 1 aromatic carbocycles. The molecule has 3 aromatic heterocycles. The lowest BCUT2D eigenvalue weighted by Gasteiger charge is -2.33. The Kier molecular flexibility index (Phi) is 7.57. The third kappa shape index (κ3) is 4.79. The van der Waals surface area contributed by atoms with E-state index in [0.717, 1.165) is 12.8 Å². The molecular formula is C26H26ClN7O3. The van der Waals surface area contributed by atoms with Crippen LogP contribution in [0.25, 0.3) is 16.9 Å². The zero-order valence-corrected chi connectivity index (χ0v) is 21.0. The largest absolute Gasteiger partial charge is 0.497 e. The van der Waals surface area contributed by atoms with Gasteiger partial charge < -0.3 is 15.4 Å². The van der Waals surface area contributed by atoms with Crippen LogP contribution >= 0.6 is 12.4 Å². The van der Waals surface area contributed by atoms with Crippen LogP contribution in [0.2, 0.25) is 0 Å². The number of hydrogen-bond donors (Lipinski definition) is 1. The molecule has 0 bridgehead atoms. The van der Waals surface area contributed by atoms with E-state index < -0.39 is 5.56 Å². The van der Waals surface area contributed by atoms with Crippen molar-refractivity contribution in [2.24, 2.45) is 5.73 Å². The minimum Gasteiger partial charge on any atom is -0.497 e. The summed E-state index contributed by atoms with van der Waals surface area (Å²) in [6.07, 6.45) is 4.69. The maximum atomic E-state index is 13.8. The fraction of sp³-hybridized carbons (Fsp3) is 0.269. The SMILES string of the molecule is COc1cccc(C(=O)Cn2cnc3c(C#N)c(N4CCC[C@H](N)C4)n(-c4ccccn4)c3c2=O)c1.Cl. The van der Waals surface area contributed by atoms with Gasteiger partial charge in [-0.25, -0.2) is 9.97 Å². The number of ketones is 1. The topological polar surface area (TPSA) is 132 Å². The maximum absolute atomic E-state index is 13.8. The molecule has 0 aliphatic carbocycles. The number of ether oxygens (including phenoxy) is 1. The molecule has 4 aromatic rings. The number of pyridine rings is 1. The Morgan fingerprint density at radius 1 is 1.24 bits per heavy atom. The highest BCUT2D eigenvalue weighted by atomic mass is 35.5. The van der Waals surface area contributed by atoms with Crippen molar-refractivity contribution < 1.29 is 9.53 Å². The Morgan fingerprint density at radius 2 is 2.08 bits per heavy atom. The van der Waals surface area contributed by atoms with Gasteiger partial charge in [0.05, 0.1) is 20.0 Å². The van der Waals surface area contributed by atoms with Gasteiger partial charge in [0.2, 0.25) is 0 Å². The van der Waals surface area contributed by atoms with Crippen molar-refractivity contribution in [3.8, 4) is 17.6 Å². The molecule has 1 fully saturated rings. The third-order valence-electron chi connectivity index (χ3n) is 6.36. The van der Waals surface area contributed by atoms with E-state index in [2.05, 4.69) is 16.0 Å². The average molecular weight is 520 g/mol. The quantitative estimate of drug-likeness (QED) is 0.384. The number of aromatic nitrogens is 4. The third-order valence-corrected chi connectivity index (χ3v) is 6.36. The van der Waals surface area contributed by atoms with E-state index >= 15 is 0 Å². The molecule has 0 radical (unpaired) electrons. The zero-order valence-electron chi connectivity index (χ0n) is 20.2. The lowest BCUT2D eigenvalue weighted by atomic mass is 10.1. The number of benzene rings is 1. The number of methoxy groups -OCH3 is 1. The number of piperidine rings is 1. The number of carbonyl (C=O) groups excluding carboxylic acids is 1. The van der Waals surface area contributed by atoms with Gasteiger partial charge in [-0.2, -0.15) is 5.26 Å². The average Bonchev–Trinajstić information content (AvgIpc) is 3.25. The van der Waals surface area contributed by atoms with Crippen LogP contribution in [-0.2, 0) is 6.54 Å².